The molecule has 0 aliphatic carbocycles. The molecule has 9 aromatic rings. The van der Waals surface area contributed by atoms with E-state index in [2.05, 4.69) is 155 Å². The van der Waals surface area contributed by atoms with Crippen LogP contribution in [-0.2, 0) is 11.8 Å². The van der Waals surface area contributed by atoms with E-state index in [1.165, 1.54) is 21.4 Å². The molecule has 0 N–H and O–H groups in total. The second kappa shape index (κ2) is 10.2. The molecule has 0 saturated carbocycles. The van der Waals surface area contributed by atoms with Crippen LogP contribution in [0.1, 0.15) is 0 Å². The van der Waals surface area contributed by atoms with E-state index >= 15 is 0 Å². The largest absolute Gasteiger partial charge is 0.292 e. The van der Waals surface area contributed by atoms with Gasteiger partial charge in [0.05, 0.1) is 16.6 Å². The van der Waals surface area contributed by atoms with Crippen molar-refractivity contribution in [3.63, 3.8) is 0 Å². The lowest BCUT2D eigenvalue weighted by Gasteiger charge is -2.25. The first kappa shape index (κ1) is 26.3. The standard InChI is InChI=1S/C40H26N3PS/c45-44(29-11-3-1-4-12-29,30-13-5-2-6-14-30)31-23-28-26-41-22-21-32(28)36(25-31)27-19-20-34-33-15-7-8-16-35(33)40-42-37-17-9-10-18-38(37)43(40)39(34)24-27/h1-26H. The molecule has 0 fully saturated rings. The quantitative estimate of drug-likeness (QED) is 0.147. The van der Waals surface area contributed by atoms with Gasteiger partial charge in [0.1, 0.15) is 5.65 Å². The van der Waals surface area contributed by atoms with Crippen molar-refractivity contribution in [3.05, 3.63) is 158 Å². The molecule has 9 rings (SSSR count). The Labute approximate surface area is 265 Å². The Hall–Kier alpha value is -5.15. The Bertz CT molecular complexity index is 2580. The highest BCUT2D eigenvalue weighted by Gasteiger charge is 2.26. The smallest absolute Gasteiger partial charge is 0.146 e. The van der Waals surface area contributed by atoms with Crippen LogP contribution >= 0.6 is 6.04 Å². The monoisotopic (exact) mass is 611 g/mol. The minimum Gasteiger partial charge on any atom is -0.292 e. The molecule has 6 aromatic carbocycles. The maximum Gasteiger partial charge on any atom is 0.146 e. The third-order valence-electron chi connectivity index (χ3n) is 8.91. The summed E-state index contributed by atoms with van der Waals surface area (Å²) in [5, 5.41) is 9.31. The Morgan fingerprint density at radius 3 is 2.00 bits per heavy atom. The van der Waals surface area contributed by atoms with E-state index < -0.39 is 6.04 Å². The highest BCUT2D eigenvalue weighted by atomic mass is 32.4. The Kier molecular flexibility index (Phi) is 5.96. The van der Waals surface area contributed by atoms with Gasteiger partial charge in [-0.3, -0.25) is 9.38 Å². The molecule has 0 unspecified atom stereocenters. The first-order valence-corrected chi connectivity index (χ1v) is 17.8. The molecular weight excluding hydrogens is 586 g/mol. The summed E-state index contributed by atoms with van der Waals surface area (Å²) in [5.74, 6) is 0. The number of fused-ring (bicyclic) bond motifs is 9. The van der Waals surface area contributed by atoms with E-state index in [1.54, 1.807) is 0 Å². The molecule has 0 spiro atoms. The van der Waals surface area contributed by atoms with Crippen molar-refractivity contribution in [2.45, 2.75) is 0 Å². The Morgan fingerprint density at radius 2 is 1.22 bits per heavy atom. The minimum absolute atomic E-state index is 0.975. The molecule has 0 atom stereocenters. The Morgan fingerprint density at radius 1 is 0.533 bits per heavy atom. The van der Waals surface area contributed by atoms with Crippen LogP contribution < -0.4 is 15.9 Å². The van der Waals surface area contributed by atoms with Crippen LogP contribution in [0.5, 0.6) is 0 Å². The molecular formula is C40H26N3PS. The number of pyridine rings is 2. The number of imidazole rings is 1. The first-order chi connectivity index (χ1) is 22.2. The van der Waals surface area contributed by atoms with Crippen molar-refractivity contribution >= 4 is 82.9 Å². The third-order valence-corrected chi connectivity index (χ3v) is 13.8. The average molecular weight is 612 g/mol. The van der Waals surface area contributed by atoms with E-state index in [4.69, 9.17) is 16.8 Å². The second-order valence-electron chi connectivity index (χ2n) is 11.4. The van der Waals surface area contributed by atoms with Gasteiger partial charge in [0.15, 0.2) is 0 Å². The van der Waals surface area contributed by atoms with Gasteiger partial charge in [-0.2, -0.15) is 0 Å². The third kappa shape index (κ3) is 4.00. The van der Waals surface area contributed by atoms with Gasteiger partial charge in [0.2, 0.25) is 0 Å². The number of aromatic nitrogens is 3. The molecule has 45 heavy (non-hydrogen) atoms. The van der Waals surface area contributed by atoms with Gasteiger partial charge < -0.3 is 0 Å². The second-order valence-corrected chi connectivity index (χ2v) is 15.8. The number of nitrogens with zero attached hydrogens (tertiary/aromatic N) is 3. The summed E-state index contributed by atoms with van der Waals surface area (Å²) in [5.41, 5.74) is 6.49. The summed E-state index contributed by atoms with van der Waals surface area (Å²) in [6.45, 7) is 0. The van der Waals surface area contributed by atoms with Gasteiger partial charge in [-0.05, 0) is 74.2 Å². The fourth-order valence-corrected chi connectivity index (χ4v) is 10.6. The molecule has 0 aliphatic rings. The molecule has 212 valence electrons. The fourth-order valence-electron chi connectivity index (χ4n) is 6.81. The summed E-state index contributed by atoms with van der Waals surface area (Å²) >= 11 is 6.79. The lowest BCUT2D eigenvalue weighted by atomic mass is 9.97. The maximum atomic E-state index is 6.79. The Balaban J connectivity index is 1.38. The molecule has 3 heterocycles. The summed E-state index contributed by atoms with van der Waals surface area (Å²) in [7, 11) is 0. The van der Waals surface area contributed by atoms with Crippen LogP contribution in [0, 0.1) is 0 Å². The van der Waals surface area contributed by atoms with Crippen molar-refractivity contribution in [1.29, 1.82) is 0 Å². The van der Waals surface area contributed by atoms with Crippen molar-refractivity contribution < 1.29 is 0 Å². The molecule has 0 saturated heterocycles. The predicted octanol–water partition coefficient (Wildman–Crippen LogP) is 8.76. The van der Waals surface area contributed by atoms with Crippen molar-refractivity contribution in [1.82, 2.24) is 14.4 Å². The molecule has 0 radical (unpaired) electrons. The summed E-state index contributed by atoms with van der Waals surface area (Å²) in [6, 6.07) is 49.4. The summed E-state index contributed by atoms with van der Waals surface area (Å²) in [4.78, 5) is 9.64. The molecule has 0 aliphatic heterocycles. The topological polar surface area (TPSA) is 30.2 Å². The van der Waals surface area contributed by atoms with Gasteiger partial charge in [-0.15, -0.1) is 0 Å². The van der Waals surface area contributed by atoms with Gasteiger partial charge in [0, 0.05) is 34.6 Å². The van der Waals surface area contributed by atoms with Crippen LogP contribution in [0.2, 0.25) is 0 Å². The summed E-state index contributed by atoms with van der Waals surface area (Å²) in [6.07, 6.45) is 3.85. The van der Waals surface area contributed by atoms with Crippen molar-refractivity contribution in [3.8, 4) is 11.1 Å². The SMILES string of the molecule is S=P(c1ccccc1)(c1ccccc1)c1cc(-c2ccc3c4ccccc4c4nc5ccccc5n4c3c2)c2ccncc2c1. The van der Waals surface area contributed by atoms with Crippen LogP contribution in [0.3, 0.4) is 0 Å². The summed E-state index contributed by atoms with van der Waals surface area (Å²) < 4.78 is 2.32. The molecule has 5 heteroatoms. The number of rotatable bonds is 4. The highest BCUT2D eigenvalue weighted by Crippen LogP contribution is 2.45. The van der Waals surface area contributed by atoms with Crippen LogP contribution in [0.25, 0.3) is 60.3 Å². The predicted molar refractivity (Wildman–Crippen MR) is 195 cm³/mol. The zero-order valence-electron chi connectivity index (χ0n) is 24.2. The van der Waals surface area contributed by atoms with Crippen LogP contribution in [0.15, 0.2) is 158 Å². The molecule has 3 aromatic heterocycles. The normalized spacial score (nSPS) is 12.1. The number of benzene rings is 6. The zero-order chi connectivity index (χ0) is 30.0. The van der Waals surface area contributed by atoms with Gasteiger partial charge in [-0.25, -0.2) is 4.98 Å². The van der Waals surface area contributed by atoms with Crippen LogP contribution in [-0.4, -0.2) is 14.4 Å². The number of hydrogen-bond acceptors (Lipinski definition) is 3. The minimum atomic E-state index is -2.38. The number of para-hydroxylation sites is 2. The van der Waals surface area contributed by atoms with E-state index in [0.717, 1.165) is 54.8 Å². The average Bonchev–Trinajstić information content (AvgIpc) is 3.52. The van der Waals surface area contributed by atoms with E-state index in [1.807, 2.05) is 12.4 Å². The lowest BCUT2D eigenvalue weighted by molar-refractivity contribution is 1.31. The molecule has 3 nitrogen and oxygen atoms in total. The highest BCUT2D eigenvalue weighted by molar-refractivity contribution is 8.25. The maximum absolute atomic E-state index is 6.79. The van der Waals surface area contributed by atoms with Crippen molar-refractivity contribution in [2.75, 3.05) is 0 Å². The molecule has 0 amide bonds. The first-order valence-electron chi connectivity index (χ1n) is 15.0. The van der Waals surface area contributed by atoms with Gasteiger partial charge in [0.25, 0.3) is 0 Å². The van der Waals surface area contributed by atoms with Gasteiger partial charge in [-0.1, -0.05) is 121 Å². The van der Waals surface area contributed by atoms with E-state index in [-0.39, 0.29) is 0 Å². The fraction of sp³-hybridized carbons (Fsp3) is 0. The zero-order valence-corrected chi connectivity index (χ0v) is 25.9. The van der Waals surface area contributed by atoms with Crippen molar-refractivity contribution in [2.24, 2.45) is 0 Å². The van der Waals surface area contributed by atoms with E-state index in [0.29, 0.717) is 0 Å². The van der Waals surface area contributed by atoms with Gasteiger partial charge >= 0.3 is 0 Å². The molecule has 0 bridgehead atoms. The number of hydrogen-bond donors (Lipinski definition) is 0. The van der Waals surface area contributed by atoms with E-state index in [9.17, 15) is 0 Å². The lowest BCUT2D eigenvalue weighted by Crippen LogP contribution is -2.25. The van der Waals surface area contributed by atoms with Crippen LogP contribution in [0.4, 0.5) is 0 Å².